The molecule has 1 saturated carbocycles. The molecule has 41 heavy (non-hydrogen) atoms. The van der Waals surface area contributed by atoms with Crippen LogP contribution < -0.4 is 9.47 Å². The number of aromatic nitrogens is 3. The quantitative estimate of drug-likeness (QED) is 0.285. The Morgan fingerprint density at radius 1 is 1.07 bits per heavy atom. The molecular weight excluding hydrogens is 546 g/mol. The summed E-state index contributed by atoms with van der Waals surface area (Å²) in [5.74, 6) is 1.52. The van der Waals surface area contributed by atoms with Crippen molar-refractivity contribution >= 4 is 29.4 Å². The zero-order valence-electron chi connectivity index (χ0n) is 23.0. The Labute approximate surface area is 243 Å². The number of ether oxygens (including phenoxy) is 3. The van der Waals surface area contributed by atoms with E-state index in [1.54, 1.807) is 20.2 Å². The smallest absolute Gasteiger partial charge is 0.255 e. The molecule has 212 valence electrons. The summed E-state index contributed by atoms with van der Waals surface area (Å²) in [6, 6.07) is 9.35. The zero-order chi connectivity index (χ0) is 27.8. The molecule has 0 bridgehead atoms. The summed E-state index contributed by atoms with van der Waals surface area (Å²) in [7, 11) is 4.89. The summed E-state index contributed by atoms with van der Waals surface area (Å²) in [5.41, 5.74) is 4.76. The van der Waals surface area contributed by atoms with Crippen molar-refractivity contribution in [2.45, 2.75) is 37.7 Å². The fourth-order valence-corrected chi connectivity index (χ4v) is 4.97. The Kier molecular flexibility index (Phi) is 8.10. The number of amides is 1. The maximum atomic E-state index is 12.5. The Morgan fingerprint density at radius 3 is 2.54 bits per heavy atom. The Morgan fingerprint density at radius 2 is 1.85 bits per heavy atom. The van der Waals surface area contributed by atoms with E-state index >= 15 is 0 Å². The van der Waals surface area contributed by atoms with Crippen LogP contribution in [0, 0.1) is 11.3 Å². The summed E-state index contributed by atoms with van der Waals surface area (Å²) in [6.45, 7) is 1.29. The summed E-state index contributed by atoms with van der Waals surface area (Å²) in [6.07, 6.45) is 7.05. The Balaban J connectivity index is 0.00000337. The van der Waals surface area contributed by atoms with Gasteiger partial charge in [0, 0.05) is 45.4 Å². The third kappa shape index (κ3) is 5.56. The number of nitrogens with zero attached hydrogens (tertiary/aromatic N) is 5. The molecule has 1 aliphatic carbocycles. The fraction of sp³-hybridized carbons (Fsp3) is 0.367. The minimum absolute atomic E-state index is 0. The van der Waals surface area contributed by atoms with Crippen LogP contribution in [-0.2, 0) is 4.74 Å². The molecule has 5 heterocycles. The van der Waals surface area contributed by atoms with E-state index in [0.29, 0.717) is 64.4 Å². The van der Waals surface area contributed by atoms with Crippen LogP contribution in [0.4, 0.5) is 0 Å². The zero-order valence-corrected chi connectivity index (χ0v) is 23.9. The Hall–Kier alpha value is -4.20. The number of furan rings is 1. The lowest BCUT2D eigenvalue weighted by atomic mass is 10.0. The van der Waals surface area contributed by atoms with E-state index in [0.717, 1.165) is 36.8 Å². The van der Waals surface area contributed by atoms with Gasteiger partial charge in [-0.15, -0.1) is 12.4 Å². The SMILES string of the molecule is COc1cc(C(=O)N(C)C)cnc1-c1cc2ncc(C3CC3)c(-c3ccc(OC4CCOCC4)c(C#N)n3)c2o1.Cl. The van der Waals surface area contributed by atoms with Crippen LogP contribution >= 0.6 is 12.4 Å². The number of nitriles is 1. The van der Waals surface area contributed by atoms with Gasteiger partial charge < -0.3 is 23.5 Å². The van der Waals surface area contributed by atoms with Gasteiger partial charge in [0.15, 0.2) is 22.8 Å². The van der Waals surface area contributed by atoms with Gasteiger partial charge in [-0.1, -0.05) is 0 Å². The molecule has 10 nitrogen and oxygen atoms in total. The average Bonchev–Trinajstić information content (AvgIpc) is 3.74. The Bertz CT molecular complexity index is 1640. The molecule has 2 aliphatic rings. The summed E-state index contributed by atoms with van der Waals surface area (Å²) in [5, 5.41) is 9.93. The van der Waals surface area contributed by atoms with E-state index in [4.69, 9.17) is 23.6 Å². The van der Waals surface area contributed by atoms with E-state index in [1.165, 1.54) is 18.2 Å². The van der Waals surface area contributed by atoms with Gasteiger partial charge in [-0.2, -0.15) is 5.26 Å². The second kappa shape index (κ2) is 11.7. The lowest BCUT2D eigenvalue weighted by molar-refractivity contribution is 0.0253. The molecule has 0 radical (unpaired) electrons. The van der Waals surface area contributed by atoms with Gasteiger partial charge in [0.05, 0.1) is 37.1 Å². The van der Waals surface area contributed by atoms with E-state index in [9.17, 15) is 10.1 Å². The van der Waals surface area contributed by atoms with Gasteiger partial charge in [-0.05, 0) is 42.5 Å². The van der Waals surface area contributed by atoms with Crippen LogP contribution in [0.1, 0.15) is 53.2 Å². The minimum Gasteiger partial charge on any atom is -0.494 e. The summed E-state index contributed by atoms with van der Waals surface area (Å²) < 4.78 is 23.5. The monoisotopic (exact) mass is 575 g/mol. The van der Waals surface area contributed by atoms with Crippen molar-refractivity contribution in [2.24, 2.45) is 0 Å². The molecule has 0 unspecified atom stereocenters. The molecule has 1 saturated heterocycles. The van der Waals surface area contributed by atoms with Crippen LogP contribution in [0.25, 0.3) is 33.8 Å². The lowest BCUT2D eigenvalue weighted by Gasteiger charge is -2.23. The molecule has 1 amide bonds. The molecule has 4 aromatic rings. The van der Waals surface area contributed by atoms with Gasteiger partial charge in [0.25, 0.3) is 5.91 Å². The predicted molar refractivity (Wildman–Crippen MR) is 153 cm³/mol. The highest BCUT2D eigenvalue weighted by Crippen LogP contribution is 2.47. The topological polar surface area (TPSA) is 124 Å². The van der Waals surface area contributed by atoms with Crippen LogP contribution in [0.2, 0.25) is 0 Å². The largest absolute Gasteiger partial charge is 0.494 e. The number of carbonyl (C=O) groups is 1. The van der Waals surface area contributed by atoms with Gasteiger partial charge in [0.1, 0.15) is 29.1 Å². The van der Waals surface area contributed by atoms with Crippen LogP contribution in [0.3, 0.4) is 0 Å². The van der Waals surface area contributed by atoms with Crippen molar-refractivity contribution in [3.05, 3.63) is 53.5 Å². The maximum absolute atomic E-state index is 12.5. The molecule has 0 spiro atoms. The number of hydrogen-bond acceptors (Lipinski definition) is 9. The predicted octanol–water partition coefficient (Wildman–Crippen LogP) is 5.39. The number of fused-ring (bicyclic) bond motifs is 1. The first kappa shape index (κ1) is 28.3. The highest BCUT2D eigenvalue weighted by Gasteiger charge is 2.31. The second-order valence-corrected chi connectivity index (χ2v) is 10.2. The first-order valence-electron chi connectivity index (χ1n) is 13.3. The molecule has 6 rings (SSSR count). The molecular formula is C30H30ClN5O5. The van der Waals surface area contributed by atoms with Crippen LogP contribution in [-0.4, -0.2) is 66.3 Å². The highest BCUT2D eigenvalue weighted by atomic mass is 35.5. The molecule has 0 atom stereocenters. The van der Waals surface area contributed by atoms with E-state index in [1.807, 2.05) is 24.4 Å². The fourth-order valence-electron chi connectivity index (χ4n) is 4.97. The van der Waals surface area contributed by atoms with Crippen LogP contribution in [0.5, 0.6) is 11.5 Å². The van der Waals surface area contributed by atoms with E-state index in [-0.39, 0.29) is 30.1 Å². The summed E-state index contributed by atoms with van der Waals surface area (Å²) in [4.78, 5) is 27.8. The molecule has 1 aliphatic heterocycles. The van der Waals surface area contributed by atoms with E-state index in [2.05, 4.69) is 16.0 Å². The molecule has 0 aromatic carbocycles. The first-order valence-corrected chi connectivity index (χ1v) is 13.3. The maximum Gasteiger partial charge on any atom is 0.255 e. The van der Waals surface area contributed by atoms with Crippen molar-refractivity contribution in [3.8, 4) is 40.3 Å². The van der Waals surface area contributed by atoms with Gasteiger partial charge in [-0.3, -0.25) is 9.78 Å². The van der Waals surface area contributed by atoms with Crippen molar-refractivity contribution < 1.29 is 23.4 Å². The number of halogens is 1. The van der Waals surface area contributed by atoms with Gasteiger partial charge in [-0.25, -0.2) is 9.97 Å². The highest BCUT2D eigenvalue weighted by molar-refractivity contribution is 5.96. The number of pyridine rings is 3. The average molecular weight is 576 g/mol. The molecule has 4 aromatic heterocycles. The number of hydrogen-bond donors (Lipinski definition) is 0. The number of carbonyl (C=O) groups excluding carboxylic acids is 1. The standard InChI is InChI=1S/C30H29N5O5.ClH/c1-35(2)30(36)18-12-25(37-3)28(33-15-18)26-13-22-29(40-26)27(20(16-32-22)17-4-5-17)21-6-7-24(23(14-31)34-21)39-19-8-10-38-11-9-19;/h6-7,12-13,15-17,19H,4-5,8-11H2,1-3H3;1H. The third-order valence-corrected chi connectivity index (χ3v) is 7.23. The van der Waals surface area contributed by atoms with Crippen molar-refractivity contribution in [1.29, 1.82) is 5.26 Å². The normalized spacial score (nSPS) is 15.2. The third-order valence-electron chi connectivity index (χ3n) is 7.23. The first-order chi connectivity index (χ1) is 19.5. The number of rotatable bonds is 7. The summed E-state index contributed by atoms with van der Waals surface area (Å²) >= 11 is 0. The van der Waals surface area contributed by atoms with Crippen LogP contribution in [0.15, 0.2) is 41.1 Å². The number of methoxy groups -OCH3 is 1. The van der Waals surface area contributed by atoms with Crippen molar-refractivity contribution in [1.82, 2.24) is 19.9 Å². The van der Waals surface area contributed by atoms with Gasteiger partial charge in [0.2, 0.25) is 0 Å². The molecule has 0 N–H and O–H groups in total. The van der Waals surface area contributed by atoms with Gasteiger partial charge >= 0.3 is 0 Å². The van der Waals surface area contributed by atoms with E-state index < -0.39 is 0 Å². The van der Waals surface area contributed by atoms with Crippen molar-refractivity contribution in [2.75, 3.05) is 34.4 Å². The molecule has 2 fully saturated rings. The minimum atomic E-state index is -0.177. The molecule has 11 heteroatoms. The lowest BCUT2D eigenvalue weighted by Crippen LogP contribution is -2.26. The second-order valence-electron chi connectivity index (χ2n) is 10.2. The van der Waals surface area contributed by atoms with Crippen molar-refractivity contribution in [3.63, 3.8) is 0 Å².